The minimum absolute atomic E-state index is 0.136. The van der Waals surface area contributed by atoms with Crippen LogP contribution in [0.2, 0.25) is 10.0 Å². The number of rotatable bonds is 7. The minimum Gasteiger partial charge on any atom is -0.489 e. The van der Waals surface area contributed by atoms with Gasteiger partial charge in [-0.05, 0) is 42.0 Å². The van der Waals surface area contributed by atoms with E-state index in [-0.39, 0.29) is 6.61 Å². The van der Waals surface area contributed by atoms with Gasteiger partial charge in [0.1, 0.15) is 24.3 Å². The van der Waals surface area contributed by atoms with Gasteiger partial charge in [-0.3, -0.25) is 0 Å². The van der Waals surface area contributed by atoms with Gasteiger partial charge in [-0.25, -0.2) is 4.98 Å². The van der Waals surface area contributed by atoms with Crippen LogP contribution in [0.25, 0.3) is 11.0 Å². The molecule has 1 aromatic heterocycles. The van der Waals surface area contributed by atoms with Crippen molar-refractivity contribution in [3.8, 4) is 5.75 Å². The summed E-state index contributed by atoms with van der Waals surface area (Å²) in [7, 11) is 0. The Labute approximate surface area is 179 Å². The van der Waals surface area contributed by atoms with Crippen LogP contribution in [0.4, 0.5) is 0 Å². The highest BCUT2D eigenvalue weighted by atomic mass is 35.5. The first kappa shape index (κ1) is 19.8. The predicted octanol–water partition coefficient (Wildman–Crippen LogP) is 5.37. The molecule has 0 bridgehead atoms. The van der Waals surface area contributed by atoms with Crippen molar-refractivity contribution in [1.82, 2.24) is 9.55 Å². The third-order valence-corrected chi connectivity index (χ3v) is 5.23. The first-order valence-electron chi connectivity index (χ1n) is 9.34. The molecule has 0 radical (unpaired) electrons. The molecule has 6 heteroatoms. The Morgan fingerprint density at radius 1 is 0.931 bits per heavy atom. The second-order valence-electron chi connectivity index (χ2n) is 6.83. The molecule has 3 aromatic carbocycles. The normalized spacial score (nSPS) is 12.2. The van der Waals surface area contributed by atoms with Crippen LogP contribution in [0.15, 0.2) is 72.8 Å². The van der Waals surface area contributed by atoms with Crippen LogP contribution >= 0.6 is 23.2 Å². The number of halogens is 2. The van der Waals surface area contributed by atoms with Crippen molar-refractivity contribution in [2.45, 2.75) is 19.1 Å². The maximum absolute atomic E-state index is 10.6. The Balaban J connectivity index is 1.55. The summed E-state index contributed by atoms with van der Waals surface area (Å²) >= 11 is 12.1. The average Bonchev–Trinajstić information content (AvgIpc) is 3.06. The molecule has 4 nitrogen and oxygen atoms in total. The molecule has 0 saturated heterocycles. The van der Waals surface area contributed by atoms with Gasteiger partial charge in [0, 0.05) is 11.4 Å². The molecule has 29 heavy (non-hydrogen) atoms. The van der Waals surface area contributed by atoms with Gasteiger partial charge in [0.15, 0.2) is 0 Å². The van der Waals surface area contributed by atoms with Crippen LogP contribution in [-0.2, 0) is 13.0 Å². The number of ether oxygens (including phenoxy) is 1. The lowest BCUT2D eigenvalue weighted by Gasteiger charge is -2.16. The first-order valence-corrected chi connectivity index (χ1v) is 10.1. The van der Waals surface area contributed by atoms with Crippen molar-refractivity contribution in [1.29, 1.82) is 0 Å². The average molecular weight is 427 g/mol. The van der Waals surface area contributed by atoms with E-state index in [0.29, 0.717) is 28.8 Å². The van der Waals surface area contributed by atoms with E-state index in [0.717, 1.165) is 22.4 Å². The van der Waals surface area contributed by atoms with Crippen LogP contribution in [0, 0.1) is 0 Å². The largest absolute Gasteiger partial charge is 0.489 e. The van der Waals surface area contributed by atoms with Gasteiger partial charge in [0.25, 0.3) is 0 Å². The summed E-state index contributed by atoms with van der Waals surface area (Å²) in [5, 5.41) is 11.9. The van der Waals surface area contributed by atoms with Gasteiger partial charge in [-0.2, -0.15) is 0 Å². The summed E-state index contributed by atoms with van der Waals surface area (Å²) < 4.78 is 7.75. The number of aromatic nitrogens is 2. The zero-order valence-electron chi connectivity index (χ0n) is 15.6. The number of benzene rings is 3. The molecule has 0 fully saturated rings. The summed E-state index contributed by atoms with van der Waals surface area (Å²) in [6.45, 7) is 0.504. The lowest BCUT2D eigenvalue weighted by atomic mass is 10.1. The molecule has 0 spiro atoms. The fraction of sp³-hybridized carbons (Fsp3) is 0.174. The van der Waals surface area contributed by atoms with Crippen molar-refractivity contribution in [2.24, 2.45) is 0 Å². The van der Waals surface area contributed by atoms with Crippen molar-refractivity contribution in [3.63, 3.8) is 0 Å². The Kier molecular flexibility index (Phi) is 6.05. The molecule has 0 aliphatic carbocycles. The van der Waals surface area contributed by atoms with E-state index in [2.05, 4.69) is 0 Å². The number of aliphatic hydroxyl groups excluding tert-OH is 1. The van der Waals surface area contributed by atoms with Crippen LogP contribution < -0.4 is 4.74 Å². The Morgan fingerprint density at radius 3 is 2.45 bits per heavy atom. The highest BCUT2D eigenvalue weighted by molar-refractivity contribution is 6.32. The quantitative estimate of drug-likeness (QED) is 0.431. The topological polar surface area (TPSA) is 47.3 Å². The van der Waals surface area contributed by atoms with E-state index in [1.807, 2.05) is 65.2 Å². The number of imidazole rings is 1. The first-order chi connectivity index (χ1) is 14.1. The number of nitrogens with zero attached hydrogens (tertiary/aromatic N) is 2. The van der Waals surface area contributed by atoms with Gasteiger partial charge in [-0.1, -0.05) is 59.6 Å². The van der Waals surface area contributed by atoms with Crippen molar-refractivity contribution in [3.05, 3.63) is 94.2 Å². The number of hydrogen-bond acceptors (Lipinski definition) is 3. The van der Waals surface area contributed by atoms with Crippen LogP contribution in [0.3, 0.4) is 0 Å². The van der Waals surface area contributed by atoms with Crippen molar-refractivity contribution >= 4 is 34.2 Å². The lowest BCUT2D eigenvalue weighted by Crippen LogP contribution is -2.24. The summed E-state index contributed by atoms with van der Waals surface area (Å²) in [5.74, 6) is 1.44. The van der Waals surface area contributed by atoms with E-state index in [1.165, 1.54) is 0 Å². The molecule has 1 atom stereocenters. The summed E-state index contributed by atoms with van der Waals surface area (Å²) in [4.78, 5) is 4.77. The molecule has 1 N–H and O–H groups in total. The molecule has 0 aliphatic rings. The molecule has 4 rings (SSSR count). The molecule has 1 heterocycles. The maximum atomic E-state index is 10.6. The molecular formula is C23H20Cl2N2O2. The predicted molar refractivity (Wildman–Crippen MR) is 117 cm³/mol. The highest BCUT2D eigenvalue weighted by Gasteiger charge is 2.15. The van der Waals surface area contributed by atoms with Crippen molar-refractivity contribution in [2.75, 3.05) is 6.61 Å². The lowest BCUT2D eigenvalue weighted by molar-refractivity contribution is 0.0928. The van der Waals surface area contributed by atoms with Gasteiger partial charge in [0.05, 0.1) is 22.6 Å². The van der Waals surface area contributed by atoms with Gasteiger partial charge >= 0.3 is 0 Å². The van der Waals surface area contributed by atoms with Crippen LogP contribution in [0.1, 0.15) is 11.4 Å². The molecule has 0 amide bonds. The fourth-order valence-electron chi connectivity index (χ4n) is 3.26. The van der Waals surface area contributed by atoms with E-state index in [1.54, 1.807) is 12.1 Å². The van der Waals surface area contributed by atoms with E-state index in [9.17, 15) is 5.11 Å². The monoisotopic (exact) mass is 426 g/mol. The number of fused-ring (bicyclic) bond motifs is 1. The van der Waals surface area contributed by atoms with Gasteiger partial charge in [0.2, 0.25) is 0 Å². The Hall–Kier alpha value is -2.53. The van der Waals surface area contributed by atoms with Gasteiger partial charge < -0.3 is 14.4 Å². The summed E-state index contributed by atoms with van der Waals surface area (Å²) in [6, 6.07) is 22.9. The SMILES string of the molecule is OC(COc1ccccc1Cl)Cn1c(Cc2ccc(Cl)cc2)nc2ccccc21. The molecule has 4 aromatic rings. The standard InChI is InChI=1S/C23H20Cl2N2O2/c24-17-11-9-16(10-12-17)13-23-26-20-6-2-3-7-21(20)27(23)14-18(28)15-29-22-8-4-1-5-19(22)25/h1-12,18,28H,13-15H2. The van der Waals surface area contributed by atoms with E-state index >= 15 is 0 Å². The third-order valence-electron chi connectivity index (χ3n) is 4.67. The zero-order valence-corrected chi connectivity index (χ0v) is 17.1. The van der Waals surface area contributed by atoms with E-state index in [4.69, 9.17) is 32.9 Å². The fourth-order valence-corrected chi connectivity index (χ4v) is 3.58. The minimum atomic E-state index is -0.715. The summed E-state index contributed by atoms with van der Waals surface area (Å²) in [5.41, 5.74) is 2.98. The number of aliphatic hydroxyl groups is 1. The van der Waals surface area contributed by atoms with E-state index < -0.39 is 6.10 Å². The smallest absolute Gasteiger partial charge is 0.138 e. The molecular weight excluding hydrogens is 407 g/mol. The number of para-hydroxylation sites is 3. The summed E-state index contributed by atoms with van der Waals surface area (Å²) in [6.07, 6.45) is -0.0722. The molecule has 0 aliphatic heterocycles. The molecule has 0 saturated carbocycles. The Bertz CT molecular complexity index is 1110. The van der Waals surface area contributed by atoms with Crippen LogP contribution in [-0.4, -0.2) is 27.4 Å². The maximum Gasteiger partial charge on any atom is 0.138 e. The van der Waals surface area contributed by atoms with Crippen LogP contribution in [0.5, 0.6) is 5.75 Å². The third kappa shape index (κ3) is 4.73. The molecule has 148 valence electrons. The Morgan fingerprint density at radius 2 is 1.66 bits per heavy atom. The second-order valence-corrected chi connectivity index (χ2v) is 7.67. The van der Waals surface area contributed by atoms with Crippen molar-refractivity contribution < 1.29 is 9.84 Å². The number of hydrogen-bond donors (Lipinski definition) is 1. The second kappa shape index (κ2) is 8.87. The zero-order chi connectivity index (χ0) is 20.2. The highest BCUT2D eigenvalue weighted by Crippen LogP contribution is 2.24. The van der Waals surface area contributed by atoms with Gasteiger partial charge in [-0.15, -0.1) is 0 Å². The molecule has 1 unspecified atom stereocenters.